The van der Waals surface area contributed by atoms with E-state index >= 15 is 0 Å². The number of hydrogen-bond acceptors (Lipinski definition) is 5. The van der Waals surface area contributed by atoms with Crippen LogP contribution in [0.4, 0.5) is 4.79 Å². The Balaban J connectivity index is 1.73. The Bertz CT molecular complexity index is 594. The minimum absolute atomic E-state index is 0.000354. The van der Waals surface area contributed by atoms with Gasteiger partial charge in [-0.05, 0) is 65.7 Å². The minimum atomic E-state index is -0.460. The van der Waals surface area contributed by atoms with Gasteiger partial charge in [-0.25, -0.2) is 4.79 Å². The maximum Gasteiger partial charge on any atom is 0.410 e. The van der Waals surface area contributed by atoms with Gasteiger partial charge in [0, 0.05) is 39.8 Å². The van der Waals surface area contributed by atoms with Crippen LogP contribution in [-0.4, -0.2) is 79.8 Å². The van der Waals surface area contributed by atoms with Crippen LogP contribution in [0.1, 0.15) is 59.8 Å². The van der Waals surface area contributed by atoms with Crippen LogP contribution in [-0.2, 0) is 14.3 Å². The Morgan fingerprint density at radius 3 is 2.40 bits per heavy atom. The van der Waals surface area contributed by atoms with E-state index in [1.54, 1.807) is 7.05 Å². The second kappa shape index (κ2) is 11.4. The summed E-state index contributed by atoms with van der Waals surface area (Å²) in [4.78, 5) is 32.7. The number of esters is 1. The molecule has 0 aromatic rings. The Labute approximate surface area is 181 Å². The molecule has 0 bridgehead atoms. The number of carbonyl (C=O) groups is 2. The molecule has 2 aliphatic rings. The molecule has 0 aromatic heterocycles. The third-order valence-corrected chi connectivity index (χ3v) is 5.63. The van der Waals surface area contributed by atoms with Gasteiger partial charge in [0.25, 0.3) is 0 Å². The SMILES string of the molecule is CCOC(=O)C1CCN(C(=NC)NCCC2CCCN(C(=O)OC(C)(C)C)C2)CC1. The quantitative estimate of drug-likeness (QED) is 0.415. The lowest BCUT2D eigenvalue weighted by Gasteiger charge is -2.35. The van der Waals surface area contributed by atoms with Crippen molar-refractivity contribution < 1.29 is 19.1 Å². The monoisotopic (exact) mass is 424 g/mol. The highest BCUT2D eigenvalue weighted by molar-refractivity contribution is 5.80. The summed E-state index contributed by atoms with van der Waals surface area (Å²) in [5, 5.41) is 3.46. The molecule has 8 heteroatoms. The molecule has 172 valence electrons. The highest BCUT2D eigenvalue weighted by Crippen LogP contribution is 2.22. The number of nitrogens with zero attached hydrogens (tertiary/aromatic N) is 3. The number of amides is 1. The molecule has 1 unspecified atom stereocenters. The summed E-state index contributed by atoms with van der Waals surface area (Å²) in [5.41, 5.74) is -0.460. The normalized spacial score (nSPS) is 21.4. The van der Waals surface area contributed by atoms with Gasteiger partial charge in [-0.1, -0.05) is 0 Å². The van der Waals surface area contributed by atoms with E-state index in [0.717, 1.165) is 70.8 Å². The van der Waals surface area contributed by atoms with Crippen molar-refractivity contribution in [1.82, 2.24) is 15.1 Å². The summed E-state index contributed by atoms with van der Waals surface area (Å²) in [7, 11) is 1.80. The second-order valence-electron chi connectivity index (χ2n) is 9.21. The van der Waals surface area contributed by atoms with Crippen LogP contribution < -0.4 is 5.32 Å². The fraction of sp³-hybridized carbons (Fsp3) is 0.864. The van der Waals surface area contributed by atoms with Crippen LogP contribution in [0, 0.1) is 11.8 Å². The first kappa shape index (κ1) is 24.3. The van der Waals surface area contributed by atoms with E-state index in [9.17, 15) is 9.59 Å². The van der Waals surface area contributed by atoms with E-state index in [0.29, 0.717) is 12.5 Å². The zero-order chi connectivity index (χ0) is 22.1. The Morgan fingerprint density at radius 2 is 1.80 bits per heavy atom. The summed E-state index contributed by atoms with van der Waals surface area (Å²) in [6, 6.07) is 0. The first-order chi connectivity index (χ1) is 14.2. The topological polar surface area (TPSA) is 83.5 Å². The zero-order valence-corrected chi connectivity index (χ0v) is 19.4. The van der Waals surface area contributed by atoms with E-state index in [2.05, 4.69) is 15.2 Å². The van der Waals surface area contributed by atoms with Crippen LogP contribution in [0.5, 0.6) is 0 Å². The largest absolute Gasteiger partial charge is 0.466 e. The number of rotatable bonds is 5. The maximum atomic E-state index is 12.3. The van der Waals surface area contributed by atoms with Crippen molar-refractivity contribution in [3.8, 4) is 0 Å². The molecular formula is C22H40N4O4. The number of carbonyl (C=O) groups excluding carboxylic acids is 2. The number of hydrogen-bond donors (Lipinski definition) is 1. The number of piperidine rings is 2. The van der Waals surface area contributed by atoms with Crippen LogP contribution in [0.2, 0.25) is 0 Å². The molecule has 2 fully saturated rings. The summed E-state index contributed by atoms with van der Waals surface area (Å²) < 4.78 is 10.7. The van der Waals surface area contributed by atoms with Gasteiger partial charge >= 0.3 is 12.1 Å². The van der Waals surface area contributed by atoms with Crippen LogP contribution in [0.25, 0.3) is 0 Å². The molecule has 30 heavy (non-hydrogen) atoms. The van der Waals surface area contributed by atoms with Gasteiger partial charge < -0.3 is 24.6 Å². The molecule has 1 N–H and O–H groups in total. The van der Waals surface area contributed by atoms with Gasteiger partial charge in [-0.15, -0.1) is 0 Å². The lowest BCUT2D eigenvalue weighted by Crippen LogP contribution is -2.47. The molecule has 0 radical (unpaired) electrons. The third-order valence-electron chi connectivity index (χ3n) is 5.63. The standard InChI is InChI=1S/C22H40N4O4/c1-6-29-19(27)18-10-14-25(15-11-18)20(23-5)24-12-9-17-8-7-13-26(16-17)21(28)30-22(2,3)4/h17-18H,6-16H2,1-5H3,(H,23,24). The average molecular weight is 425 g/mol. The highest BCUT2D eigenvalue weighted by atomic mass is 16.6. The lowest BCUT2D eigenvalue weighted by atomic mass is 9.95. The molecule has 0 saturated carbocycles. The third kappa shape index (κ3) is 7.69. The van der Waals surface area contributed by atoms with Gasteiger partial charge in [-0.3, -0.25) is 9.79 Å². The predicted octanol–water partition coefficient (Wildman–Crippen LogP) is 2.87. The summed E-state index contributed by atoms with van der Waals surface area (Å²) >= 11 is 0. The van der Waals surface area contributed by atoms with Gasteiger partial charge in [0.2, 0.25) is 0 Å². The van der Waals surface area contributed by atoms with E-state index in [-0.39, 0.29) is 18.0 Å². The zero-order valence-electron chi connectivity index (χ0n) is 19.4. The minimum Gasteiger partial charge on any atom is -0.466 e. The van der Waals surface area contributed by atoms with E-state index in [1.165, 1.54) is 0 Å². The molecule has 0 spiro atoms. The first-order valence-corrected chi connectivity index (χ1v) is 11.3. The van der Waals surface area contributed by atoms with Crippen molar-refractivity contribution in [3.63, 3.8) is 0 Å². The smallest absolute Gasteiger partial charge is 0.410 e. The maximum absolute atomic E-state index is 12.3. The van der Waals surface area contributed by atoms with Crippen molar-refractivity contribution >= 4 is 18.0 Å². The van der Waals surface area contributed by atoms with Crippen LogP contribution in [0.15, 0.2) is 4.99 Å². The number of ether oxygens (including phenoxy) is 2. The number of aliphatic imine (C=N–C) groups is 1. The van der Waals surface area contributed by atoms with E-state index in [4.69, 9.17) is 9.47 Å². The Morgan fingerprint density at radius 1 is 1.10 bits per heavy atom. The van der Waals surface area contributed by atoms with Crippen LogP contribution in [0.3, 0.4) is 0 Å². The molecule has 1 amide bonds. The van der Waals surface area contributed by atoms with Gasteiger partial charge in [0.05, 0.1) is 12.5 Å². The summed E-state index contributed by atoms with van der Waals surface area (Å²) in [5.74, 6) is 1.27. The summed E-state index contributed by atoms with van der Waals surface area (Å²) in [6.45, 7) is 11.9. The van der Waals surface area contributed by atoms with Crippen molar-refractivity contribution in [1.29, 1.82) is 0 Å². The second-order valence-corrected chi connectivity index (χ2v) is 9.21. The summed E-state index contributed by atoms with van der Waals surface area (Å²) in [6.07, 6.45) is 4.52. The molecular weight excluding hydrogens is 384 g/mol. The Kier molecular flexibility index (Phi) is 9.24. The number of guanidine groups is 1. The van der Waals surface area contributed by atoms with Crippen LogP contribution >= 0.6 is 0 Å². The molecule has 2 saturated heterocycles. The average Bonchev–Trinajstić information content (AvgIpc) is 2.70. The number of likely N-dealkylation sites (tertiary alicyclic amines) is 2. The van der Waals surface area contributed by atoms with Crippen molar-refractivity contribution in [3.05, 3.63) is 0 Å². The lowest BCUT2D eigenvalue weighted by molar-refractivity contribution is -0.149. The molecule has 2 rings (SSSR count). The molecule has 0 aliphatic carbocycles. The van der Waals surface area contributed by atoms with Gasteiger partial charge in [0.1, 0.15) is 5.60 Å². The fourth-order valence-electron chi connectivity index (χ4n) is 4.10. The molecule has 2 aliphatic heterocycles. The predicted molar refractivity (Wildman–Crippen MR) is 117 cm³/mol. The first-order valence-electron chi connectivity index (χ1n) is 11.3. The highest BCUT2D eigenvalue weighted by Gasteiger charge is 2.29. The van der Waals surface area contributed by atoms with Crippen molar-refractivity contribution in [2.24, 2.45) is 16.8 Å². The van der Waals surface area contributed by atoms with Gasteiger partial charge in [0.15, 0.2) is 5.96 Å². The van der Waals surface area contributed by atoms with Crippen molar-refractivity contribution in [2.75, 3.05) is 46.4 Å². The van der Waals surface area contributed by atoms with E-state index < -0.39 is 5.60 Å². The molecule has 2 heterocycles. The van der Waals surface area contributed by atoms with Crippen molar-refractivity contribution in [2.45, 2.75) is 65.4 Å². The Hall–Kier alpha value is -1.99. The fourth-order valence-corrected chi connectivity index (χ4v) is 4.10. The molecule has 8 nitrogen and oxygen atoms in total. The molecule has 1 atom stereocenters. The molecule has 0 aromatic carbocycles. The van der Waals surface area contributed by atoms with Gasteiger partial charge in [-0.2, -0.15) is 0 Å². The van der Waals surface area contributed by atoms with E-state index in [1.807, 2.05) is 32.6 Å². The number of nitrogens with one attached hydrogen (secondary N) is 1.